The molecule has 0 spiro atoms. The normalized spacial score (nSPS) is 17.0. The molecule has 12 heteroatoms. The Hall–Kier alpha value is -3.18. The molecule has 0 unspecified atom stereocenters. The zero-order valence-electron chi connectivity index (χ0n) is 19.9. The molecule has 1 atom stereocenters. The summed E-state index contributed by atoms with van der Waals surface area (Å²) in [5.41, 5.74) is 12.8. The zero-order valence-corrected chi connectivity index (χ0v) is 19.9. The van der Waals surface area contributed by atoms with E-state index in [2.05, 4.69) is 20.3 Å². The summed E-state index contributed by atoms with van der Waals surface area (Å²) in [6, 6.07) is -0.726. The van der Waals surface area contributed by atoms with Gasteiger partial charge in [-0.3, -0.25) is 14.6 Å². The molecule has 0 aromatic carbocycles. The van der Waals surface area contributed by atoms with Crippen molar-refractivity contribution in [2.24, 2.45) is 16.6 Å². The summed E-state index contributed by atoms with van der Waals surface area (Å²) in [7, 11) is 1.52. The Bertz CT molecular complexity index is 941. The second-order valence-corrected chi connectivity index (χ2v) is 8.48. The number of alkyl halides is 3. The van der Waals surface area contributed by atoms with Crippen molar-refractivity contribution >= 4 is 23.8 Å². The van der Waals surface area contributed by atoms with E-state index >= 15 is 0 Å². The van der Waals surface area contributed by atoms with Crippen molar-refractivity contribution in [3.63, 3.8) is 0 Å². The number of aryl methyl sites for hydroxylation is 1. The fourth-order valence-electron chi connectivity index (χ4n) is 3.92. The second-order valence-electron chi connectivity index (χ2n) is 8.48. The maximum absolute atomic E-state index is 12.8. The molecular formula is C22H32F3N7O2. The van der Waals surface area contributed by atoms with Gasteiger partial charge in [-0.1, -0.05) is 0 Å². The smallest absolute Gasteiger partial charge is 0.402 e. The standard InChI is InChI=1S/C22H32F3N7O2/c1-12(26)17(11-28-4)19(33)29-14(3)20(34)32-9-7-15(8-10-32)5-6-16-13(2)30-21(22(23,24)25)31-18(16)27/h11,14-15H,5-10,26H2,1-4H3,(H,29,33)(H2,27,30,31)/t14-/m0/s1. The number of piperidine rings is 1. The van der Waals surface area contributed by atoms with Gasteiger partial charge in [0.1, 0.15) is 11.9 Å². The number of nitrogens with one attached hydrogen (secondary N) is 1. The SMILES string of the molecule is CN=CC(C(=O)N[C@@H](C)C(=O)N1CCC(CCc2c(C)nc(C(F)(F)F)nc2N)CC1)=C(C)N. The van der Waals surface area contributed by atoms with Gasteiger partial charge in [-0.05, 0) is 52.4 Å². The lowest BCUT2D eigenvalue weighted by molar-refractivity contribution is -0.145. The molecule has 1 aromatic rings. The summed E-state index contributed by atoms with van der Waals surface area (Å²) in [6.07, 6.45) is -0.645. The number of aromatic nitrogens is 2. The molecule has 1 aliphatic heterocycles. The number of nitrogen functional groups attached to an aromatic ring is 1. The fourth-order valence-corrected chi connectivity index (χ4v) is 3.92. The van der Waals surface area contributed by atoms with Gasteiger partial charge in [0.15, 0.2) is 0 Å². The van der Waals surface area contributed by atoms with Crippen LogP contribution in [0.2, 0.25) is 0 Å². The largest absolute Gasteiger partial charge is 0.451 e. The molecule has 1 saturated heterocycles. The van der Waals surface area contributed by atoms with Gasteiger partial charge >= 0.3 is 6.18 Å². The Morgan fingerprint density at radius 1 is 1.29 bits per heavy atom. The average Bonchev–Trinajstić information content (AvgIpc) is 2.75. The summed E-state index contributed by atoms with van der Waals surface area (Å²) in [5, 5.41) is 2.66. The summed E-state index contributed by atoms with van der Waals surface area (Å²) < 4.78 is 38.5. The minimum Gasteiger partial charge on any atom is -0.402 e. The lowest BCUT2D eigenvalue weighted by Gasteiger charge is -2.34. The predicted molar refractivity (Wildman–Crippen MR) is 123 cm³/mol. The van der Waals surface area contributed by atoms with E-state index in [0.717, 1.165) is 12.8 Å². The number of amides is 2. The quantitative estimate of drug-likeness (QED) is 0.400. The third kappa shape index (κ3) is 6.91. The molecule has 1 aliphatic rings. The fraction of sp³-hybridized carbons (Fsp3) is 0.591. The summed E-state index contributed by atoms with van der Waals surface area (Å²) in [4.78, 5) is 37.6. The first kappa shape index (κ1) is 27.1. The number of carbonyl (C=O) groups excluding carboxylic acids is 2. The van der Waals surface area contributed by atoms with Crippen molar-refractivity contribution in [2.45, 2.75) is 58.7 Å². The molecule has 34 heavy (non-hydrogen) atoms. The molecular weight excluding hydrogens is 451 g/mol. The summed E-state index contributed by atoms with van der Waals surface area (Å²) in [5.74, 6) is -1.75. The average molecular weight is 484 g/mol. The van der Waals surface area contributed by atoms with Crippen molar-refractivity contribution < 1.29 is 22.8 Å². The number of allylic oxidation sites excluding steroid dienone is 1. The minimum atomic E-state index is -4.64. The molecule has 2 rings (SSSR count). The van der Waals surface area contributed by atoms with E-state index in [4.69, 9.17) is 11.5 Å². The van der Waals surface area contributed by atoms with Crippen LogP contribution in [0.15, 0.2) is 16.3 Å². The third-order valence-electron chi connectivity index (χ3n) is 5.87. The van der Waals surface area contributed by atoms with Gasteiger partial charge in [-0.25, -0.2) is 9.97 Å². The van der Waals surface area contributed by atoms with Crippen LogP contribution < -0.4 is 16.8 Å². The van der Waals surface area contributed by atoms with Crippen molar-refractivity contribution in [2.75, 3.05) is 25.9 Å². The summed E-state index contributed by atoms with van der Waals surface area (Å²) in [6.45, 7) is 5.75. The topological polar surface area (TPSA) is 140 Å². The molecule has 1 fully saturated rings. The minimum absolute atomic E-state index is 0.147. The molecule has 188 valence electrons. The van der Waals surface area contributed by atoms with Gasteiger partial charge in [-0.2, -0.15) is 13.2 Å². The molecule has 1 aromatic heterocycles. The van der Waals surface area contributed by atoms with Crippen LogP contribution in [-0.4, -0.2) is 59.1 Å². The Morgan fingerprint density at radius 2 is 1.91 bits per heavy atom. The van der Waals surface area contributed by atoms with Gasteiger partial charge in [0.05, 0.1) is 5.57 Å². The second kappa shape index (κ2) is 11.3. The van der Waals surface area contributed by atoms with E-state index in [9.17, 15) is 22.8 Å². The molecule has 0 radical (unpaired) electrons. The van der Waals surface area contributed by atoms with E-state index in [-0.39, 0.29) is 28.9 Å². The van der Waals surface area contributed by atoms with Gasteiger partial charge in [-0.15, -0.1) is 0 Å². The maximum Gasteiger partial charge on any atom is 0.451 e. The van der Waals surface area contributed by atoms with Crippen LogP contribution in [0.4, 0.5) is 19.0 Å². The number of carbonyl (C=O) groups is 2. The monoisotopic (exact) mass is 483 g/mol. The Labute approximate surface area is 196 Å². The Balaban J connectivity index is 1.89. The highest BCUT2D eigenvalue weighted by Crippen LogP contribution is 2.30. The maximum atomic E-state index is 12.8. The highest BCUT2D eigenvalue weighted by atomic mass is 19.4. The van der Waals surface area contributed by atoms with Crippen molar-refractivity contribution in [1.82, 2.24) is 20.2 Å². The van der Waals surface area contributed by atoms with E-state index in [1.807, 2.05) is 0 Å². The predicted octanol–water partition coefficient (Wildman–Crippen LogP) is 2.00. The number of anilines is 1. The number of aliphatic imine (C=N–C) groups is 1. The highest BCUT2D eigenvalue weighted by Gasteiger charge is 2.36. The van der Waals surface area contributed by atoms with Crippen LogP contribution in [0.1, 0.15) is 50.2 Å². The molecule has 9 nitrogen and oxygen atoms in total. The highest BCUT2D eigenvalue weighted by molar-refractivity contribution is 6.13. The Morgan fingerprint density at radius 3 is 2.41 bits per heavy atom. The molecule has 0 saturated carbocycles. The molecule has 5 N–H and O–H groups in total. The van der Waals surface area contributed by atoms with Crippen LogP contribution in [0, 0.1) is 12.8 Å². The van der Waals surface area contributed by atoms with E-state index < -0.39 is 23.9 Å². The van der Waals surface area contributed by atoms with Crippen LogP contribution in [0.25, 0.3) is 0 Å². The lowest BCUT2D eigenvalue weighted by atomic mass is 9.90. The zero-order chi connectivity index (χ0) is 25.6. The van der Waals surface area contributed by atoms with Crippen molar-refractivity contribution in [3.05, 3.63) is 28.4 Å². The van der Waals surface area contributed by atoms with Gasteiger partial charge in [0.2, 0.25) is 11.7 Å². The van der Waals surface area contributed by atoms with Gasteiger partial charge < -0.3 is 21.7 Å². The molecule has 2 heterocycles. The van der Waals surface area contributed by atoms with Crippen molar-refractivity contribution in [3.8, 4) is 0 Å². The number of nitrogens with two attached hydrogens (primary N) is 2. The number of nitrogens with zero attached hydrogens (tertiary/aromatic N) is 4. The van der Waals surface area contributed by atoms with Crippen LogP contribution in [0.5, 0.6) is 0 Å². The van der Waals surface area contributed by atoms with E-state index in [0.29, 0.717) is 37.2 Å². The van der Waals surface area contributed by atoms with Crippen molar-refractivity contribution in [1.29, 1.82) is 0 Å². The number of rotatable bonds is 7. The van der Waals surface area contributed by atoms with Gasteiger partial charge in [0.25, 0.3) is 5.91 Å². The van der Waals surface area contributed by atoms with Crippen LogP contribution in [0.3, 0.4) is 0 Å². The van der Waals surface area contributed by atoms with Crippen LogP contribution in [-0.2, 0) is 22.2 Å². The van der Waals surface area contributed by atoms with Gasteiger partial charge in [0, 0.05) is 43.3 Å². The number of halogens is 3. The first-order valence-corrected chi connectivity index (χ1v) is 11.0. The van der Waals surface area contributed by atoms with E-state index in [1.165, 1.54) is 20.2 Å². The van der Waals surface area contributed by atoms with Crippen LogP contribution >= 0.6 is 0 Å². The Kier molecular flexibility index (Phi) is 9.00. The third-order valence-corrected chi connectivity index (χ3v) is 5.87. The molecule has 0 bridgehead atoms. The van der Waals surface area contributed by atoms with E-state index in [1.54, 1.807) is 18.7 Å². The number of hydrogen-bond donors (Lipinski definition) is 3. The number of likely N-dealkylation sites (tertiary alicyclic amines) is 1. The first-order valence-electron chi connectivity index (χ1n) is 11.0. The number of hydrogen-bond acceptors (Lipinski definition) is 7. The first-order chi connectivity index (χ1) is 15.8. The molecule has 2 amide bonds. The lowest BCUT2D eigenvalue weighted by Crippen LogP contribution is -2.49. The molecule has 0 aliphatic carbocycles. The summed E-state index contributed by atoms with van der Waals surface area (Å²) >= 11 is 0.